The fourth-order valence-electron chi connectivity index (χ4n) is 3.04. The molecule has 1 aliphatic rings. The van der Waals surface area contributed by atoms with Gasteiger partial charge in [-0.25, -0.2) is 0 Å². The molecule has 2 aromatic rings. The molecule has 0 radical (unpaired) electrons. The van der Waals surface area contributed by atoms with E-state index < -0.39 is 11.8 Å². The van der Waals surface area contributed by atoms with Gasteiger partial charge in [-0.05, 0) is 29.9 Å². The van der Waals surface area contributed by atoms with Gasteiger partial charge in [0.15, 0.2) is 0 Å². The predicted molar refractivity (Wildman–Crippen MR) is 80.2 cm³/mol. The number of esters is 2. The summed E-state index contributed by atoms with van der Waals surface area (Å²) in [6.45, 7) is 0. The van der Waals surface area contributed by atoms with Crippen LogP contribution in [0.3, 0.4) is 0 Å². The first-order valence-electron chi connectivity index (χ1n) is 6.80. The van der Waals surface area contributed by atoms with Gasteiger partial charge in [0.05, 0.1) is 26.1 Å². The lowest BCUT2D eigenvalue weighted by atomic mass is 9.78. The van der Waals surface area contributed by atoms with Crippen molar-refractivity contribution in [3.63, 3.8) is 0 Å². The van der Waals surface area contributed by atoms with Crippen LogP contribution in [0.5, 0.6) is 0 Å². The summed E-state index contributed by atoms with van der Waals surface area (Å²) in [6, 6.07) is 8.13. The molecule has 0 amide bonds. The third-order valence-corrected chi connectivity index (χ3v) is 5.34. The average molecular weight is 304 g/mol. The Morgan fingerprint density at radius 3 is 2.33 bits per heavy atom. The zero-order valence-corrected chi connectivity index (χ0v) is 12.7. The maximum absolute atomic E-state index is 12.0. The highest BCUT2D eigenvalue weighted by atomic mass is 32.1. The molecule has 0 fully saturated rings. The number of ether oxygens (including phenoxy) is 2. The monoisotopic (exact) mass is 304 g/mol. The van der Waals surface area contributed by atoms with Gasteiger partial charge in [0.2, 0.25) is 0 Å². The molecule has 1 aromatic carbocycles. The lowest BCUT2D eigenvalue weighted by Gasteiger charge is -2.27. The van der Waals surface area contributed by atoms with E-state index >= 15 is 0 Å². The van der Waals surface area contributed by atoms with E-state index in [4.69, 9.17) is 9.47 Å². The van der Waals surface area contributed by atoms with Crippen molar-refractivity contribution in [1.82, 2.24) is 0 Å². The van der Waals surface area contributed by atoms with Crippen LogP contribution in [0.15, 0.2) is 24.3 Å². The molecule has 1 aliphatic carbocycles. The molecule has 2 atom stereocenters. The number of benzene rings is 1. The van der Waals surface area contributed by atoms with Gasteiger partial charge in [-0.1, -0.05) is 18.2 Å². The Balaban J connectivity index is 2.07. The van der Waals surface area contributed by atoms with Crippen molar-refractivity contribution < 1.29 is 19.1 Å². The zero-order valence-electron chi connectivity index (χ0n) is 11.9. The van der Waals surface area contributed by atoms with Crippen LogP contribution in [0.4, 0.5) is 0 Å². The largest absolute Gasteiger partial charge is 0.469 e. The van der Waals surface area contributed by atoms with Crippen molar-refractivity contribution in [2.45, 2.75) is 12.8 Å². The molecular weight excluding hydrogens is 288 g/mol. The van der Waals surface area contributed by atoms with Crippen LogP contribution in [0.25, 0.3) is 10.1 Å². The highest BCUT2D eigenvalue weighted by Crippen LogP contribution is 2.41. The maximum atomic E-state index is 12.0. The lowest BCUT2D eigenvalue weighted by Crippen LogP contribution is -2.37. The maximum Gasteiger partial charge on any atom is 0.309 e. The van der Waals surface area contributed by atoms with E-state index in [0.717, 1.165) is 0 Å². The van der Waals surface area contributed by atoms with E-state index in [1.165, 1.54) is 34.7 Å². The quantitative estimate of drug-likeness (QED) is 0.800. The standard InChI is InChI=1S/C16H16O4S/c1-19-15(17)11-7-10-9-5-3-4-6-13(9)21-14(10)8-12(11)16(18)20-2/h3-6,11-12H,7-8H2,1-2H3/t11-,12-/m0/s1. The molecule has 0 saturated carbocycles. The molecule has 110 valence electrons. The molecule has 0 saturated heterocycles. The molecule has 0 unspecified atom stereocenters. The van der Waals surface area contributed by atoms with Crippen LogP contribution in [0, 0.1) is 11.8 Å². The van der Waals surface area contributed by atoms with E-state index in [-0.39, 0.29) is 11.9 Å². The Bertz CT molecular complexity index is 703. The van der Waals surface area contributed by atoms with Crippen molar-refractivity contribution in [2.24, 2.45) is 11.8 Å². The van der Waals surface area contributed by atoms with Gasteiger partial charge in [-0.15, -0.1) is 11.3 Å². The summed E-state index contributed by atoms with van der Waals surface area (Å²) in [7, 11) is 2.72. The third-order valence-electron chi connectivity index (χ3n) is 4.10. The summed E-state index contributed by atoms with van der Waals surface area (Å²) in [5.74, 6) is -1.60. The van der Waals surface area contributed by atoms with Crippen LogP contribution in [-0.4, -0.2) is 26.2 Å². The fraction of sp³-hybridized carbons (Fsp3) is 0.375. The smallest absolute Gasteiger partial charge is 0.309 e. The fourth-order valence-corrected chi connectivity index (χ4v) is 4.33. The molecule has 0 spiro atoms. The molecule has 1 heterocycles. The number of carbonyl (C=O) groups is 2. The second-order valence-corrected chi connectivity index (χ2v) is 6.30. The van der Waals surface area contributed by atoms with Gasteiger partial charge in [0.25, 0.3) is 0 Å². The Morgan fingerprint density at radius 1 is 1.05 bits per heavy atom. The summed E-state index contributed by atoms with van der Waals surface area (Å²) >= 11 is 1.69. The average Bonchev–Trinajstić information content (AvgIpc) is 2.89. The van der Waals surface area contributed by atoms with Gasteiger partial charge in [-0.2, -0.15) is 0 Å². The van der Waals surface area contributed by atoms with Crippen LogP contribution in [0.2, 0.25) is 0 Å². The summed E-state index contributed by atoms with van der Waals surface area (Å²) in [4.78, 5) is 25.2. The first-order chi connectivity index (χ1) is 10.2. The van der Waals surface area contributed by atoms with E-state index in [9.17, 15) is 9.59 Å². The van der Waals surface area contributed by atoms with Gasteiger partial charge in [-0.3, -0.25) is 9.59 Å². The molecule has 4 nitrogen and oxygen atoms in total. The minimum Gasteiger partial charge on any atom is -0.469 e. The van der Waals surface area contributed by atoms with Crippen LogP contribution in [0.1, 0.15) is 10.4 Å². The Hall–Kier alpha value is -1.88. The van der Waals surface area contributed by atoms with E-state index in [1.807, 2.05) is 12.1 Å². The number of hydrogen-bond acceptors (Lipinski definition) is 5. The Kier molecular flexibility index (Phi) is 3.68. The second-order valence-electron chi connectivity index (χ2n) is 5.17. The first-order valence-corrected chi connectivity index (χ1v) is 7.62. The molecule has 3 rings (SSSR count). The SMILES string of the molecule is COC(=O)[C@H]1Cc2sc3ccccc3c2C[C@@H]1C(=O)OC. The second kappa shape index (κ2) is 5.48. The van der Waals surface area contributed by atoms with Crippen molar-refractivity contribution >= 4 is 33.4 Å². The number of rotatable bonds is 2. The number of carbonyl (C=O) groups excluding carboxylic acids is 2. The van der Waals surface area contributed by atoms with Crippen LogP contribution < -0.4 is 0 Å². The summed E-state index contributed by atoms with van der Waals surface area (Å²) in [5.41, 5.74) is 1.17. The molecule has 0 N–H and O–H groups in total. The molecule has 0 aliphatic heterocycles. The van der Waals surface area contributed by atoms with Crippen molar-refractivity contribution in [3.8, 4) is 0 Å². The predicted octanol–water partition coefficient (Wildman–Crippen LogP) is 2.58. The van der Waals surface area contributed by atoms with E-state index in [2.05, 4.69) is 12.1 Å². The van der Waals surface area contributed by atoms with E-state index in [1.54, 1.807) is 11.3 Å². The summed E-state index contributed by atoms with van der Waals surface area (Å²) < 4.78 is 10.9. The minimum atomic E-state index is -0.465. The summed E-state index contributed by atoms with van der Waals surface area (Å²) in [6.07, 6.45) is 1.08. The van der Waals surface area contributed by atoms with Crippen molar-refractivity contribution in [2.75, 3.05) is 14.2 Å². The number of fused-ring (bicyclic) bond motifs is 3. The number of hydrogen-bond donors (Lipinski definition) is 0. The molecule has 1 aromatic heterocycles. The van der Waals surface area contributed by atoms with E-state index in [0.29, 0.717) is 12.8 Å². The van der Waals surface area contributed by atoms with Gasteiger partial charge >= 0.3 is 11.9 Å². The van der Waals surface area contributed by atoms with Gasteiger partial charge < -0.3 is 9.47 Å². The number of thiophene rings is 1. The Morgan fingerprint density at radius 2 is 1.67 bits per heavy atom. The molecule has 5 heteroatoms. The third kappa shape index (κ3) is 2.31. The summed E-state index contributed by atoms with van der Waals surface area (Å²) in [5, 5.41) is 1.18. The normalized spacial score (nSPS) is 20.9. The van der Waals surface area contributed by atoms with Crippen LogP contribution in [-0.2, 0) is 31.9 Å². The van der Waals surface area contributed by atoms with Gasteiger partial charge in [0, 0.05) is 9.58 Å². The highest BCUT2D eigenvalue weighted by molar-refractivity contribution is 7.19. The first kappa shape index (κ1) is 14.1. The number of methoxy groups -OCH3 is 2. The van der Waals surface area contributed by atoms with Gasteiger partial charge in [0.1, 0.15) is 0 Å². The minimum absolute atomic E-state index is 0.339. The molecular formula is C16H16O4S. The highest BCUT2D eigenvalue weighted by Gasteiger charge is 2.40. The molecule has 0 bridgehead atoms. The molecule has 21 heavy (non-hydrogen) atoms. The Labute approximate surface area is 126 Å². The topological polar surface area (TPSA) is 52.6 Å². The lowest BCUT2D eigenvalue weighted by molar-refractivity contribution is -0.157. The van der Waals surface area contributed by atoms with Crippen LogP contribution >= 0.6 is 11.3 Å². The van der Waals surface area contributed by atoms with Crippen molar-refractivity contribution in [1.29, 1.82) is 0 Å². The van der Waals surface area contributed by atoms with Crippen molar-refractivity contribution in [3.05, 3.63) is 34.7 Å². The zero-order chi connectivity index (χ0) is 15.0.